The summed E-state index contributed by atoms with van der Waals surface area (Å²) in [6.07, 6.45) is 0.349. The van der Waals surface area contributed by atoms with Gasteiger partial charge < -0.3 is 15.0 Å². The molecule has 1 aromatic rings. The maximum absolute atomic E-state index is 12.7. The first-order valence-electron chi connectivity index (χ1n) is 6.55. The van der Waals surface area contributed by atoms with E-state index in [1.165, 1.54) is 12.1 Å². The molecule has 0 bridgehead atoms. The summed E-state index contributed by atoms with van der Waals surface area (Å²) in [7, 11) is 0. The number of rotatable bonds is 4. The van der Waals surface area contributed by atoms with E-state index >= 15 is 0 Å². The fraction of sp³-hybridized carbons (Fsp3) is 0.500. The molecule has 1 fully saturated rings. The highest BCUT2D eigenvalue weighted by Crippen LogP contribution is 2.12. The molecule has 1 N–H and O–H groups in total. The summed E-state index contributed by atoms with van der Waals surface area (Å²) in [5, 5.41) is 3.25. The average molecular weight is 303 g/mol. The fourth-order valence-corrected chi connectivity index (χ4v) is 2.14. The molecule has 0 unspecified atom stereocenters. The van der Waals surface area contributed by atoms with E-state index in [2.05, 4.69) is 5.32 Å². The second-order valence-corrected chi connectivity index (χ2v) is 4.69. The second kappa shape index (κ2) is 8.07. The molecule has 6 heteroatoms. The Morgan fingerprint density at radius 1 is 1.45 bits per heavy atom. The number of hydrogen-bond acceptors (Lipinski definition) is 3. The zero-order valence-corrected chi connectivity index (χ0v) is 12.3. The molecule has 20 heavy (non-hydrogen) atoms. The van der Waals surface area contributed by atoms with Gasteiger partial charge in [-0.15, -0.1) is 12.4 Å². The van der Waals surface area contributed by atoms with Crippen molar-refractivity contribution in [2.24, 2.45) is 0 Å². The van der Waals surface area contributed by atoms with Crippen LogP contribution in [0.1, 0.15) is 13.3 Å². The number of hydrogen-bond donors (Lipinski definition) is 1. The van der Waals surface area contributed by atoms with E-state index in [1.54, 1.807) is 12.1 Å². The molecule has 1 heterocycles. The molecule has 2 rings (SSSR count). The van der Waals surface area contributed by atoms with Crippen LogP contribution in [0.15, 0.2) is 24.3 Å². The van der Waals surface area contributed by atoms with Crippen LogP contribution in [0.25, 0.3) is 0 Å². The molecule has 0 spiro atoms. The van der Waals surface area contributed by atoms with Gasteiger partial charge in [-0.25, -0.2) is 4.39 Å². The van der Waals surface area contributed by atoms with E-state index in [0.717, 1.165) is 19.6 Å². The second-order valence-electron chi connectivity index (χ2n) is 4.69. The van der Waals surface area contributed by atoms with Gasteiger partial charge >= 0.3 is 0 Å². The minimum atomic E-state index is -0.293. The maximum Gasteiger partial charge on any atom is 0.226 e. The van der Waals surface area contributed by atoms with Gasteiger partial charge in [0.1, 0.15) is 11.6 Å². The third kappa shape index (κ3) is 4.65. The molecule has 1 atom stereocenters. The van der Waals surface area contributed by atoms with Gasteiger partial charge in [-0.1, -0.05) is 0 Å². The van der Waals surface area contributed by atoms with Gasteiger partial charge in [-0.2, -0.15) is 0 Å². The first kappa shape index (κ1) is 16.7. The number of benzene rings is 1. The highest BCUT2D eigenvalue weighted by Gasteiger charge is 2.22. The van der Waals surface area contributed by atoms with Crippen LogP contribution in [0.2, 0.25) is 0 Å². The number of carbonyl (C=O) groups excluding carboxylic acids is 1. The van der Waals surface area contributed by atoms with Gasteiger partial charge in [0.25, 0.3) is 0 Å². The Hall–Kier alpha value is -1.33. The predicted octanol–water partition coefficient (Wildman–Crippen LogP) is 1.84. The average Bonchev–Trinajstić information content (AvgIpc) is 2.41. The number of nitrogens with zero attached hydrogens (tertiary/aromatic N) is 1. The molecule has 1 saturated heterocycles. The standard InChI is InChI=1S/C14H19FN2O2.ClH/c1-11-10-16-7-8-17(11)14(18)6-9-19-13-4-2-12(15)3-5-13;/h2-5,11,16H,6-10H2,1H3;1H/t11-;/m1./s1. The van der Waals surface area contributed by atoms with Gasteiger partial charge in [0.2, 0.25) is 5.91 Å². The van der Waals surface area contributed by atoms with Crippen LogP contribution in [0, 0.1) is 5.82 Å². The number of amides is 1. The minimum Gasteiger partial charge on any atom is -0.493 e. The zero-order chi connectivity index (χ0) is 13.7. The van der Waals surface area contributed by atoms with Gasteiger partial charge in [-0.05, 0) is 31.2 Å². The van der Waals surface area contributed by atoms with Gasteiger partial charge in [0.15, 0.2) is 0 Å². The summed E-state index contributed by atoms with van der Waals surface area (Å²) < 4.78 is 18.1. The number of halogens is 2. The Morgan fingerprint density at radius 3 is 2.80 bits per heavy atom. The molecule has 0 aliphatic carbocycles. The number of nitrogens with one attached hydrogen (secondary N) is 1. The molecule has 0 radical (unpaired) electrons. The van der Waals surface area contributed by atoms with Crippen molar-refractivity contribution in [3.63, 3.8) is 0 Å². The highest BCUT2D eigenvalue weighted by atomic mass is 35.5. The van der Waals surface area contributed by atoms with Gasteiger partial charge in [0.05, 0.1) is 13.0 Å². The Morgan fingerprint density at radius 2 is 2.15 bits per heavy atom. The van der Waals surface area contributed by atoms with E-state index < -0.39 is 0 Å². The lowest BCUT2D eigenvalue weighted by atomic mass is 10.2. The summed E-state index contributed by atoms with van der Waals surface area (Å²) in [5.41, 5.74) is 0. The molecular weight excluding hydrogens is 283 g/mol. The van der Waals surface area contributed by atoms with E-state index in [9.17, 15) is 9.18 Å². The largest absolute Gasteiger partial charge is 0.493 e. The first-order chi connectivity index (χ1) is 9.16. The normalized spacial score (nSPS) is 18.3. The van der Waals surface area contributed by atoms with Crippen molar-refractivity contribution >= 4 is 18.3 Å². The van der Waals surface area contributed by atoms with E-state index in [0.29, 0.717) is 18.8 Å². The molecule has 1 aliphatic rings. The smallest absolute Gasteiger partial charge is 0.226 e. The van der Waals surface area contributed by atoms with E-state index in [-0.39, 0.29) is 30.2 Å². The van der Waals surface area contributed by atoms with E-state index in [4.69, 9.17) is 4.74 Å². The van der Waals surface area contributed by atoms with Crippen LogP contribution in [-0.4, -0.2) is 43.1 Å². The van der Waals surface area contributed by atoms with E-state index in [1.807, 2.05) is 11.8 Å². The van der Waals surface area contributed by atoms with Crippen molar-refractivity contribution in [2.45, 2.75) is 19.4 Å². The van der Waals surface area contributed by atoms with Crippen molar-refractivity contribution in [1.82, 2.24) is 10.2 Å². The quantitative estimate of drug-likeness (QED) is 0.923. The predicted molar refractivity (Wildman–Crippen MR) is 77.8 cm³/mol. The lowest BCUT2D eigenvalue weighted by molar-refractivity contribution is -0.134. The topological polar surface area (TPSA) is 41.6 Å². The van der Waals surface area contributed by atoms with Crippen LogP contribution in [-0.2, 0) is 4.79 Å². The van der Waals surface area contributed by atoms with Gasteiger partial charge in [-0.3, -0.25) is 4.79 Å². The SMILES string of the molecule is C[C@@H]1CNCCN1C(=O)CCOc1ccc(F)cc1.Cl. The highest BCUT2D eigenvalue weighted by molar-refractivity contribution is 5.85. The molecule has 0 saturated carbocycles. The summed E-state index contributed by atoms with van der Waals surface area (Å²) in [5.74, 6) is 0.400. The molecule has 1 amide bonds. The number of piperazine rings is 1. The summed E-state index contributed by atoms with van der Waals surface area (Å²) >= 11 is 0. The van der Waals surface area contributed by atoms with Crippen molar-refractivity contribution in [3.05, 3.63) is 30.1 Å². The van der Waals surface area contributed by atoms with Crippen LogP contribution >= 0.6 is 12.4 Å². The van der Waals surface area contributed by atoms with Crippen molar-refractivity contribution in [1.29, 1.82) is 0 Å². The number of carbonyl (C=O) groups is 1. The minimum absolute atomic E-state index is 0. The number of ether oxygens (including phenoxy) is 1. The molecule has 112 valence electrons. The van der Waals surface area contributed by atoms with Gasteiger partial charge in [0, 0.05) is 25.7 Å². The van der Waals surface area contributed by atoms with Crippen LogP contribution in [0.3, 0.4) is 0 Å². The monoisotopic (exact) mass is 302 g/mol. The lowest BCUT2D eigenvalue weighted by Gasteiger charge is -2.34. The van der Waals surface area contributed by atoms with Crippen molar-refractivity contribution in [2.75, 3.05) is 26.2 Å². The fourth-order valence-electron chi connectivity index (χ4n) is 2.14. The lowest BCUT2D eigenvalue weighted by Crippen LogP contribution is -2.52. The molecule has 0 aromatic heterocycles. The summed E-state index contributed by atoms with van der Waals surface area (Å²) in [4.78, 5) is 13.9. The maximum atomic E-state index is 12.7. The molecule has 1 aromatic carbocycles. The van der Waals surface area contributed by atoms with Crippen molar-refractivity contribution < 1.29 is 13.9 Å². The molecule has 1 aliphatic heterocycles. The van der Waals surface area contributed by atoms with Crippen LogP contribution in [0.4, 0.5) is 4.39 Å². The molecular formula is C14H20ClFN2O2. The van der Waals surface area contributed by atoms with Crippen molar-refractivity contribution in [3.8, 4) is 5.75 Å². The third-order valence-corrected chi connectivity index (χ3v) is 3.22. The summed E-state index contributed by atoms with van der Waals surface area (Å²) in [6.45, 7) is 4.78. The van der Waals surface area contributed by atoms with Crippen LogP contribution in [0.5, 0.6) is 5.75 Å². The first-order valence-corrected chi connectivity index (χ1v) is 6.55. The zero-order valence-electron chi connectivity index (χ0n) is 11.5. The third-order valence-electron chi connectivity index (χ3n) is 3.22. The Labute approximate surface area is 124 Å². The molecule has 4 nitrogen and oxygen atoms in total. The van der Waals surface area contributed by atoms with Crippen LogP contribution < -0.4 is 10.1 Å². The Kier molecular flexibility index (Phi) is 6.75. The Balaban J connectivity index is 0.00000200. The Bertz CT molecular complexity index is 428. The summed E-state index contributed by atoms with van der Waals surface area (Å²) in [6, 6.07) is 6.04.